The highest BCUT2D eigenvalue weighted by molar-refractivity contribution is 5.92. The van der Waals surface area contributed by atoms with Crippen LogP contribution in [-0.2, 0) is 6.54 Å². The minimum Gasteiger partial charge on any atom is -0.507 e. The van der Waals surface area contributed by atoms with Gasteiger partial charge >= 0.3 is 0 Å². The van der Waals surface area contributed by atoms with Crippen LogP contribution < -0.4 is 0 Å². The summed E-state index contributed by atoms with van der Waals surface area (Å²) in [5.74, 6) is 0.419. The van der Waals surface area contributed by atoms with Gasteiger partial charge in [-0.3, -0.25) is 0 Å². The zero-order valence-corrected chi connectivity index (χ0v) is 15.1. The Morgan fingerprint density at radius 1 is 0.870 bits per heavy atom. The molecule has 2 heteroatoms. The lowest BCUT2D eigenvalue weighted by Gasteiger charge is -2.14. The summed E-state index contributed by atoms with van der Waals surface area (Å²) in [4.78, 5) is 0. The monoisotopic (exact) mass is 309 g/mol. The second-order valence-corrected chi connectivity index (χ2v) is 5.84. The van der Waals surface area contributed by atoms with Gasteiger partial charge in [0, 0.05) is 17.6 Å². The first-order valence-electron chi connectivity index (χ1n) is 8.33. The number of phenols is 1. The predicted octanol–water partition coefficient (Wildman–Crippen LogP) is 5.66. The molecule has 0 amide bonds. The number of benzene rings is 2. The topological polar surface area (TPSA) is 25.2 Å². The van der Waals surface area contributed by atoms with E-state index < -0.39 is 0 Å². The molecule has 0 unspecified atom stereocenters. The standard InChI is InChI=1S/C19H21NO.C2H6/c1-12-10-17-18(14(3)13(2)15(4)19(17)21)20(12)11-16-8-6-5-7-9-16;1-2/h5-10,21H,11H2,1-4H3;1-2H3. The second kappa shape index (κ2) is 6.91. The number of aromatic hydroxyl groups is 1. The van der Waals surface area contributed by atoms with Crippen LogP contribution in [0, 0.1) is 27.7 Å². The minimum atomic E-state index is 0.419. The minimum absolute atomic E-state index is 0.419. The Balaban J connectivity index is 0.000000924. The van der Waals surface area contributed by atoms with Gasteiger partial charge in [0.25, 0.3) is 0 Å². The fourth-order valence-electron chi connectivity index (χ4n) is 3.07. The Kier molecular flexibility index (Phi) is 5.15. The van der Waals surface area contributed by atoms with Crippen molar-refractivity contribution in [2.24, 2.45) is 0 Å². The number of hydrogen-bond acceptors (Lipinski definition) is 1. The SMILES string of the molecule is CC.Cc1c(C)c(C)c2c(cc(C)n2Cc2ccccc2)c1O. The van der Waals surface area contributed by atoms with E-state index in [0.29, 0.717) is 5.75 Å². The summed E-state index contributed by atoms with van der Waals surface area (Å²) in [7, 11) is 0. The van der Waals surface area contributed by atoms with Crippen molar-refractivity contribution in [1.82, 2.24) is 4.57 Å². The molecular weight excluding hydrogens is 282 g/mol. The molecule has 23 heavy (non-hydrogen) atoms. The van der Waals surface area contributed by atoms with Crippen LogP contribution >= 0.6 is 0 Å². The molecule has 0 radical (unpaired) electrons. The number of hydrogen-bond donors (Lipinski definition) is 1. The van der Waals surface area contributed by atoms with Crippen molar-refractivity contribution < 1.29 is 5.11 Å². The molecule has 0 fully saturated rings. The molecule has 0 saturated carbocycles. The van der Waals surface area contributed by atoms with Gasteiger partial charge in [0.05, 0.1) is 5.52 Å². The normalized spacial score (nSPS) is 10.5. The molecule has 0 aliphatic rings. The van der Waals surface area contributed by atoms with Gasteiger partial charge < -0.3 is 9.67 Å². The molecule has 2 nitrogen and oxygen atoms in total. The maximum Gasteiger partial charge on any atom is 0.128 e. The fraction of sp³-hybridized carbons (Fsp3) is 0.333. The van der Waals surface area contributed by atoms with Crippen LogP contribution in [0.15, 0.2) is 36.4 Å². The van der Waals surface area contributed by atoms with E-state index in [4.69, 9.17) is 0 Å². The first-order chi connectivity index (χ1) is 11.0. The molecule has 3 rings (SSSR count). The van der Waals surface area contributed by atoms with Gasteiger partial charge in [-0.05, 0) is 56.0 Å². The van der Waals surface area contributed by atoms with Crippen LogP contribution in [0.2, 0.25) is 0 Å². The summed E-state index contributed by atoms with van der Waals surface area (Å²) in [5, 5.41) is 11.4. The molecule has 0 bridgehead atoms. The summed E-state index contributed by atoms with van der Waals surface area (Å²) in [6.45, 7) is 13.1. The van der Waals surface area contributed by atoms with Crippen LogP contribution in [-0.4, -0.2) is 9.67 Å². The fourth-order valence-corrected chi connectivity index (χ4v) is 3.07. The molecule has 1 N–H and O–H groups in total. The molecule has 0 saturated heterocycles. The molecule has 0 atom stereocenters. The maximum atomic E-state index is 10.5. The Bertz CT molecular complexity index is 813. The first kappa shape index (κ1) is 17.1. The van der Waals surface area contributed by atoms with Gasteiger partial charge in [-0.15, -0.1) is 0 Å². The Hall–Kier alpha value is -2.22. The third kappa shape index (κ3) is 2.98. The molecule has 0 aliphatic carbocycles. The lowest BCUT2D eigenvalue weighted by atomic mass is 9.99. The van der Waals surface area contributed by atoms with Crippen LogP contribution in [0.1, 0.15) is 41.8 Å². The summed E-state index contributed by atoms with van der Waals surface area (Å²) in [5.41, 5.74) is 7.01. The largest absolute Gasteiger partial charge is 0.507 e. The summed E-state index contributed by atoms with van der Waals surface area (Å²) < 4.78 is 2.30. The number of rotatable bonds is 2. The van der Waals surface area contributed by atoms with Crippen molar-refractivity contribution in [2.75, 3.05) is 0 Å². The van der Waals surface area contributed by atoms with Crippen molar-refractivity contribution in [1.29, 1.82) is 0 Å². The Morgan fingerprint density at radius 3 is 2.09 bits per heavy atom. The number of fused-ring (bicyclic) bond motifs is 1. The molecule has 122 valence electrons. The summed E-state index contributed by atoms with van der Waals surface area (Å²) in [6, 6.07) is 12.5. The van der Waals surface area contributed by atoms with E-state index in [2.05, 4.69) is 55.7 Å². The van der Waals surface area contributed by atoms with Gasteiger partial charge in [0.2, 0.25) is 0 Å². The second-order valence-electron chi connectivity index (χ2n) is 5.84. The lowest BCUT2D eigenvalue weighted by molar-refractivity contribution is 0.477. The highest BCUT2D eigenvalue weighted by atomic mass is 16.3. The van der Waals surface area contributed by atoms with E-state index in [1.165, 1.54) is 22.4 Å². The third-order valence-corrected chi connectivity index (χ3v) is 4.58. The van der Waals surface area contributed by atoms with E-state index in [0.717, 1.165) is 23.0 Å². The molecule has 0 aliphatic heterocycles. The Labute approximate surface area is 139 Å². The van der Waals surface area contributed by atoms with Gasteiger partial charge in [-0.1, -0.05) is 44.2 Å². The summed E-state index contributed by atoms with van der Waals surface area (Å²) >= 11 is 0. The number of aryl methyl sites for hydroxylation is 2. The van der Waals surface area contributed by atoms with E-state index in [1.807, 2.05) is 26.8 Å². The van der Waals surface area contributed by atoms with Crippen LogP contribution in [0.25, 0.3) is 10.9 Å². The summed E-state index contributed by atoms with van der Waals surface area (Å²) in [6.07, 6.45) is 0. The molecule has 1 heterocycles. The van der Waals surface area contributed by atoms with Crippen molar-refractivity contribution in [3.63, 3.8) is 0 Å². The Morgan fingerprint density at radius 2 is 1.48 bits per heavy atom. The maximum absolute atomic E-state index is 10.5. The van der Waals surface area contributed by atoms with Crippen molar-refractivity contribution >= 4 is 10.9 Å². The predicted molar refractivity (Wildman–Crippen MR) is 99.4 cm³/mol. The van der Waals surface area contributed by atoms with Crippen molar-refractivity contribution in [3.8, 4) is 5.75 Å². The average molecular weight is 309 g/mol. The van der Waals surface area contributed by atoms with Crippen LogP contribution in [0.3, 0.4) is 0 Å². The lowest BCUT2D eigenvalue weighted by Crippen LogP contribution is -2.03. The number of aromatic nitrogens is 1. The van der Waals surface area contributed by atoms with Gasteiger partial charge in [0.1, 0.15) is 5.75 Å². The third-order valence-electron chi connectivity index (χ3n) is 4.58. The van der Waals surface area contributed by atoms with Crippen LogP contribution in [0.4, 0.5) is 0 Å². The van der Waals surface area contributed by atoms with Gasteiger partial charge in [-0.2, -0.15) is 0 Å². The molecule has 0 spiro atoms. The molecule has 1 aromatic heterocycles. The number of phenolic OH excluding ortho intramolecular Hbond substituents is 1. The van der Waals surface area contributed by atoms with Crippen LogP contribution in [0.5, 0.6) is 5.75 Å². The zero-order chi connectivity index (χ0) is 17.1. The zero-order valence-electron chi connectivity index (χ0n) is 15.1. The highest BCUT2D eigenvalue weighted by Crippen LogP contribution is 2.36. The smallest absolute Gasteiger partial charge is 0.128 e. The van der Waals surface area contributed by atoms with E-state index in [1.54, 1.807) is 0 Å². The van der Waals surface area contributed by atoms with Gasteiger partial charge in [-0.25, -0.2) is 0 Å². The highest BCUT2D eigenvalue weighted by Gasteiger charge is 2.16. The van der Waals surface area contributed by atoms with E-state index in [-0.39, 0.29) is 0 Å². The van der Waals surface area contributed by atoms with E-state index in [9.17, 15) is 5.11 Å². The molecule has 2 aromatic carbocycles. The average Bonchev–Trinajstić information content (AvgIpc) is 2.91. The van der Waals surface area contributed by atoms with Crippen molar-refractivity contribution in [3.05, 3.63) is 64.3 Å². The number of nitrogens with zero attached hydrogens (tertiary/aromatic N) is 1. The van der Waals surface area contributed by atoms with E-state index >= 15 is 0 Å². The molecular formula is C21H27NO. The molecule has 3 aromatic rings. The van der Waals surface area contributed by atoms with Gasteiger partial charge in [0.15, 0.2) is 0 Å². The quantitative estimate of drug-likeness (QED) is 0.649. The first-order valence-corrected chi connectivity index (χ1v) is 8.33. The van der Waals surface area contributed by atoms with Crippen molar-refractivity contribution in [2.45, 2.75) is 48.1 Å².